The Hall–Kier alpha value is -2.34. The first-order chi connectivity index (χ1) is 12.1. The standard InChI is InChI=1S/C19H26N4O2/c1-5-6-13(2)11-15(20-4)17-12-16-18(25-17)19(22-14(3)21-16)23-7-9-24-10-8-23/h6,11-12,20H,5,7-10H2,1-4H3/b13-6+,15-11-. The van der Waals surface area contributed by atoms with Gasteiger partial charge in [0, 0.05) is 26.2 Å². The van der Waals surface area contributed by atoms with Crippen LogP contribution in [0.15, 0.2) is 28.2 Å². The highest BCUT2D eigenvalue weighted by Crippen LogP contribution is 2.30. The Bertz CT molecular complexity index is 801. The summed E-state index contributed by atoms with van der Waals surface area (Å²) in [7, 11) is 1.90. The lowest BCUT2D eigenvalue weighted by molar-refractivity contribution is 0.122. The van der Waals surface area contributed by atoms with Gasteiger partial charge in [0.05, 0.1) is 18.9 Å². The second-order valence-electron chi connectivity index (χ2n) is 6.18. The van der Waals surface area contributed by atoms with Crippen LogP contribution in [0.3, 0.4) is 0 Å². The molecular weight excluding hydrogens is 316 g/mol. The molecule has 0 spiro atoms. The van der Waals surface area contributed by atoms with Crippen molar-refractivity contribution in [3.05, 3.63) is 35.4 Å². The number of morpholine rings is 1. The van der Waals surface area contributed by atoms with Crippen molar-refractivity contribution in [1.82, 2.24) is 15.3 Å². The van der Waals surface area contributed by atoms with Gasteiger partial charge in [-0.3, -0.25) is 0 Å². The molecule has 1 fully saturated rings. The number of hydrogen-bond donors (Lipinski definition) is 1. The zero-order valence-electron chi connectivity index (χ0n) is 15.4. The molecule has 0 amide bonds. The Morgan fingerprint density at radius 3 is 2.76 bits per heavy atom. The van der Waals surface area contributed by atoms with Crippen LogP contribution >= 0.6 is 0 Å². The number of allylic oxidation sites excluding steroid dienone is 3. The Morgan fingerprint density at radius 1 is 1.32 bits per heavy atom. The molecule has 1 N–H and O–H groups in total. The topological polar surface area (TPSA) is 63.4 Å². The number of ether oxygens (including phenoxy) is 1. The maximum atomic E-state index is 6.17. The number of furan rings is 1. The van der Waals surface area contributed by atoms with E-state index in [-0.39, 0.29) is 0 Å². The largest absolute Gasteiger partial charge is 0.449 e. The normalized spacial score (nSPS) is 16.6. The summed E-state index contributed by atoms with van der Waals surface area (Å²) in [5.74, 6) is 2.38. The van der Waals surface area contributed by atoms with Crippen molar-refractivity contribution < 1.29 is 9.15 Å². The van der Waals surface area contributed by atoms with E-state index >= 15 is 0 Å². The molecule has 1 aliphatic rings. The highest BCUT2D eigenvalue weighted by atomic mass is 16.5. The summed E-state index contributed by atoms with van der Waals surface area (Å²) < 4.78 is 11.6. The number of hydrogen-bond acceptors (Lipinski definition) is 6. The molecule has 0 aliphatic carbocycles. The van der Waals surface area contributed by atoms with Crippen molar-refractivity contribution in [1.29, 1.82) is 0 Å². The van der Waals surface area contributed by atoms with Crippen LogP contribution in [0.5, 0.6) is 0 Å². The van der Waals surface area contributed by atoms with Gasteiger partial charge in [-0.2, -0.15) is 0 Å². The van der Waals surface area contributed by atoms with E-state index in [0.717, 1.165) is 53.7 Å². The number of fused-ring (bicyclic) bond motifs is 1. The number of nitrogens with one attached hydrogen (secondary N) is 1. The molecular formula is C19H26N4O2. The number of aryl methyl sites for hydroxylation is 1. The predicted molar refractivity (Wildman–Crippen MR) is 101 cm³/mol. The third-order valence-corrected chi connectivity index (χ3v) is 4.21. The third-order valence-electron chi connectivity index (χ3n) is 4.21. The van der Waals surface area contributed by atoms with Crippen LogP contribution in [-0.4, -0.2) is 43.3 Å². The fourth-order valence-corrected chi connectivity index (χ4v) is 3.03. The zero-order valence-corrected chi connectivity index (χ0v) is 15.4. The molecule has 3 heterocycles. The summed E-state index contributed by atoms with van der Waals surface area (Å²) in [5.41, 5.74) is 3.71. The molecule has 25 heavy (non-hydrogen) atoms. The van der Waals surface area contributed by atoms with Crippen molar-refractivity contribution in [2.45, 2.75) is 27.2 Å². The Labute approximate surface area is 148 Å². The van der Waals surface area contributed by atoms with E-state index in [0.29, 0.717) is 13.2 Å². The van der Waals surface area contributed by atoms with Gasteiger partial charge in [0.15, 0.2) is 17.2 Å². The molecule has 0 bridgehead atoms. The van der Waals surface area contributed by atoms with Gasteiger partial charge in [-0.05, 0) is 26.3 Å². The van der Waals surface area contributed by atoms with Crippen LogP contribution < -0.4 is 10.2 Å². The quantitative estimate of drug-likeness (QED) is 0.841. The maximum Gasteiger partial charge on any atom is 0.195 e. The molecule has 3 rings (SSSR count). The molecule has 6 heteroatoms. The summed E-state index contributed by atoms with van der Waals surface area (Å²) in [6.07, 6.45) is 5.28. The molecule has 134 valence electrons. The van der Waals surface area contributed by atoms with Crippen LogP contribution in [0.1, 0.15) is 31.9 Å². The second kappa shape index (κ2) is 7.70. The van der Waals surface area contributed by atoms with E-state index in [9.17, 15) is 0 Å². The van der Waals surface area contributed by atoms with Gasteiger partial charge in [0.2, 0.25) is 0 Å². The summed E-state index contributed by atoms with van der Waals surface area (Å²) in [5, 5.41) is 3.23. The van der Waals surface area contributed by atoms with E-state index in [1.165, 1.54) is 5.57 Å². The highest BCUT2D eigenvalue weighted by Gasteiger charge is 2.20. The second-order valence-corrected chi connectivity index (χ2v) is 6.18. The van der Waals surface area contributed by atoms with Crippen LogP contribution in [0.4, 0.5) is 5.82 Å². The minimum atomic E-state index is 0.709. The highest BCUT2D eigenvalue weighted by molar-refractivity contribution is 5.87. The maximum absolute atomic E-state index is 6.17. The molecule has 1 aliphatic heterocycles. The van der Waals surface area contributed by atoms with E-state index < -0.39 is 0 Å². The average molecular weight is 342 g/mol. The number of aromatic nitrogens is 2. The van der Waals surface area contributed by atoms with Crippen molar-refractivity contribution in [3.63, 3.8) is 0 Å². The molecule has 0 unspecified atom stereocenters. The Balaban J connectivity index is 2.05. The fourth-order valence-electron chi connectivity index (χ4n) is 3.03. The van der Waals surface area contributed by atoms with Gasteiger partial charge >= 0.3 is 0 Å². The first kappa shape index (κ1) is 17.5. The predicted octanol–water partition coefficient (Wildman–Crippen LogP) is 3.28. The Morgan fingerprint density at radius 2 is 2.08 bits per heavy atom. The van der Waals surface area contributed by atoms with Gasteiger partial charge in [-0.1, -0.05) is 18.6 Å². The summed E-state index contributed by atoms with van der Waals surface area (Å²) in [6.45, 7) is 9.18. The van der Waals surface area contributed by atoms with Crippen LogP contribution in [0.2, 0.25) is 0 Å². The van der Waals surface area contributed by atoms with Crippen molar-refractivity contribution >= 4 is 22.6 Å². The lowest BCUT2D eigenvalue weighted by atomic mass is 10.2. The van der Waals surface area contributed by atoms with E-state index in [4.69, 9.17) is 9.15 Å². The minimum absolute atomic E-state index is 0.709. The van der Waals surface area contributed by atoms with Crippen molar-refractivity contribution in [2.75, 3.05) is 38.3 Å². The summed E-state index contributed by atoms with van der Waals surface area (Å²) in [4.78, 5) is 11.4. The third kappa shape index (κ3) is 3.85. The molecule has 6 nitrogen and oxygen atoms in total. The van der Waals surface area contributed by atoms with Crippen molar-refractivity contribution in [3.8, 4) is 0 Å². The minimum Gasteiger partial charge on any atom is -0.449 e. The Kier molecular flexibility index (Phi) is 5.38. The molecule has 0 radical (unpaired) electrons. The smallest absolute Gasteiger partial charge is 0.195 e. The molecule has 1 saturated heterocycles. The first-order valence-electron chi connectivity index (χ1n) is 8.79. The molecule has 0 saturated carbocycles. The first-order valence-corrected chi connectivity index (χ1v) is 8.79. The van der Waals surface area contributed by atoms with Crippen LogP contribution in [-0.2, 0) is 4.74 Å². The average Bonchev–Trinajstić information content (AvgIpc) is 3.03. The summed E-state index contributed by atoms with van der Waals surface area (Å²) in [6, 6.07) is 1.98. The molecule has 2 aromatic heterocycles. The number of rotatable bonds is 5. The SMILES string of the molecule is CC/C=C(C)/C=C(\NC)c1cc2nc(C)nc(N3CCOCC3)c2o1. The fraction of sp³-hybridized carbons (Fsp3) is 0.474. The lowest BCUT2D eigenvalue weighted by Crippen LogP contribution is -2.37. The molecule has 0 aromatic carbocycles. The van der Waals surface area contributed by atoms with Gasteiger partial charge in [-0.25, -0.2) is 9.97 Å². The van der Waals surface area contributed by atoms with E-state index in [1.54, 1.807) is 0 Å². The van der Waals surface area contributed by atoms with Crippen LogP contribution in [0.25, 0.3) is 16.8 Å². The van der Waals surface area contributed by atoms with Gasteiger partial charge in [0.25, 0.3) is 0 Å². The summed E-state index contributed by atoms with van der Waals surface area (Å²) >= 11 is 0. The van der Waals surface area contributed by atoms with E-state index in [1.807, 2.05) is 20.0 Å². The lowest BCUT2D eigenvalue weighted by Gasteiger charge is -2.27. The van der Waals surface area contributed by atoms with E-state index in [2.05, 4.69) is 46.2 Å². The number of nitrogens with zero attached hydrogens (tertiary/aromatic N) is 3. The van der Waals surface area contributed by atoms with Gasteiger partial charge in [0.1, 0.15) is 11.3 Å². The zero-order chi connectivity index (χ0) is 17.8. The number of anilines is 1. The van der Waals surface area contributed by atoms with Gasteiger partial charge in [-0.15, -0.1) is 0 Å². The molecule has 0 atom stereocenters. The molecule has 2 aromatic rings. The monoisotopic (exact) mass is 342 g/mol. The van der Waals surface area contributed by atoms with Gasteiger partial charge < -0.3 is 19.4 Å². The van der Waals surface area contributed by atoms with Crippen LogP contribution in [0, 0.1) is 6.92 Å². The van der Waals surface area contributed by atoms with Crippen molar-refractivity contribution in [2.24, 2.45) is 0 Å².